The van der Waals surface area contributed by atoms with Crippen molar-refractivity contribution in [3.63, 3.8) is 0 Å². The van der Waals surface area contributed by atoms with Crippen LogP contribution in [0.3, 0.4) is 0 Å². The summed E-state index contributed by atoms with van der Waals surface area (Å²) in [5.74, 6) is -0.706. The number of halogens is 1. The van der Waals surface area contributed by atoms with E-state index < -0.39 is 21.6 Å². The molecule has 7 nitrogen and oxygen atoms in total. The van der Waals surface area contributed by atoms with Crippen molar-refractivity contribution in [1.29, 1.82) is 0 Å². The fraction of sp³-hybridized carbons (Fsp3) is 0.467. The van der Waals surface area contributed by atoms with Crippen LogP contribution in [-0.4, -0.2) is 66.8 Å². The summed E-state index contributed by atoms with van der Waals surface area (Å²) in [6.07, 6.45) is 6.93. The third-order valence-corrected chi connectivity index (χ3v) is 10.3. The quantitative estimate of drug-likeness (QED) is 0.396. The van der Waals surface area contributed by atoms with Crippen LogP contribution < -0.4 is 0 Å². The van der Waals surface area contributed by atoms with Gasteiger partial charge < -0.3 is 9.47 Å². The number of rotatable bonds is 2. The molecule has 2 bridgehead atoms. The van der Waals surface area contributed by atoms with E-state index in [0.29, 0.717) is 42.4 Å². The van der Waals surface area contributed by atoms with E-state index in [1.807, 2.05) is 34.9 Å². The van der Waals surface area contributed by atoms with Gasteiger partial charge in [0.1, 0.15) is 12.3 Å². The molecule has 1 fully saturated rings. The summed E-state index contributed by atoms with van der Waals surface area (Å²) in [6.45, 7) is 0.970. The van der Waals surface area contributed by atoms with Crippen LogP contribution in [0.25, 0.3) is 22.2 Å². The van der Waals surface area contributed by atoms with Gasteiger partial charge in [-0.05, 0) is 60.9 Å². The lowest BCUT2D eigenvalue weighted by Crippen LogP contribution is -2.34. The largest absolute Gasteiger partial charge is 0.344 e. The van der Waals surface area contributed by atoms with Gasteiger partial charge in [-0.2, -0.15) is 0 Å². The van der Waals surface area contributed by atoms with Gasteiger partial charge in [0.15, 0.2) is 5.78 Å². The normalized spacial score (nSPS) is 20.3. The van der Waals surface area contributed by atoms with Gasteiger partial charge in [0, 0.05) is 48.7 Å². The Morgan fingerprint density at radius 2 is 1.51 bits per heavy atom. The SMILES string of the molecule is CN1CCCCN(C)S(=O)(=O)CC(=O)c2ccc3c(C4CCCCC4)c(-c4ccc(Cl)cc4)n(c3c2)CC1=O. The molecule has 39 heavy (non-hydrogen) atoms. The van der Waals surface area contributed by atoms with E-state index in [4.69, 9.17) is 11.6 Å². The van der Waals surface area contributed by atoms with Crippen LogP contribution in [0.2, 0.25) is 5.02 Å². The second-order valence-corrected chi connectivity index (χ2v) is 13.5. The van der Waals surface area contributed by atoms with Gasteiger partial charge in [-0.25, -0.2) is 12.7 Å². The minimum atomic E-state index is -3.75. The molecule has 208 valence electrons. The average molecular weight is 570 g/mol. The summed E-state index contributed by atoms with van der Waals surface area (Å²) >= 11 is 6.25. The highest BCUT2D eigenvalue weighted by atomic mass is 35.5. The maximum Gasteiger partial charge on any atom is 0.242 e. The zero-order valence-electron chi connectivity index (χ0n) is 22.7. The van der Waals surface area contributed by atoms with E-state index in [1.54, 1.807) is 24.1 Å². The van der Waals surface area contributed by atoms with Crippen molar-refractivity contribution >= 4 is 44.2 Å². The van der Waals surface area contributed by atoms with Gasteiger partial charge in [-0.15, -0.1) is 0 Å². The van der Waals surface area contributed by atoms with Gasteiger partial charge in [-0.1, -0.05) is 55.1 Å². The molecule has 5 rings (SSSR count). The van der Waals surface area contributed by atoms with Crippen LogP contribution in [0.1, 0.15) is 66.8 Å². The topological polar surface area (TPSA) is 79.7 Å². The number of likely N-dealkylation sites (N-methyl/N-ethyl adjacent to an activating group) is 1. The summed E-state index contributed by atoms with van der Waals surface area (Å²) in [4.78, 5) is 28.6. The van der Waals surface area contributed by atoms with E-state index in [2.05, 4.69) is 0 Å². The van der Waals surface area contributed by atoms with Gasteiger partial charge in [0.25, 0.3) is 0 Å². The Kier molecular flexibility index (Phi) is 8.17. The van der Waals surface area contributed by atoms with Crippen LogP contribution in [0.4, 0.5) is 0 Å². The number of carbonyl (C=O) groups is 2. The fourth-order valence-corrected chi connectivity index (χ4v) is 7.25. The summed E-state index contributed by atoms with van der Waals surface area (Å²) in [5, 5.41) is 1.66. The molecule has 0 spiro atoms. The molecule has 0 radical (unpaired) electrons. The molecule has 1 aliphatic heterocycles. The average Bonchev–Trinajstić information content (AvgIpc) is 3.24. The number of Topliss-reactive ketones (excluding diaryl/α,β-unsaturated/α-hetero) is 1. The number of nitrogens with zero attached hydrogens (tertiary/aromatic N) is 3. The monoisotopic (exact) mass is 569 g/mol. The van der Waals surface area contributed by atoms with Crippen molar-refractivity contribution < 1.29 is 18.0 Å². The highest BCUT2D eigenvalue weighted by molar-refractivity contribution is 7.89. The van der Waals surface area contributed by atoms with E-state index in [-0.39, 0.29) is 12.5 Å². The number of hydrogen-bond donors (Lipinski definition) is 0. The summed E-state index contributed by atoms with van der Waals surface area (Å²) in [5.41, 5.74) is 4.29. The Labute approximate surface area is 235 Å². The van der Waals surface area contributed by atoms with Crippen LogP contribution in [-0.2, 0) is 21.4 Å². The van der Waals surface area contributed by atoms with Crippen LogP contribution in [0.15, 0.2) is 42.5 Å². The maximum atomic E-state index is 13.6. The lowest BCUT2D eigenvalue weighted by molar-refractivity contribution is -0.130. The first kappa shape index (κ1) is 27.9. The zero-order chi connectivity index (χ0) is 27.7. The smallest absolute Gasteiger partial charge is 0.242 e. The van der Waals surface area contributed by atoms with Crippen molar-refractivity contribution in [3.8, 4) is 11.3 Å². The van der Waals surface area contributed by atoms with Crippen molar-refractivity contribution in [2.24, 2.45) is 0 Å². The second-order valence-electron chi connectivity index (χ2n) is 10.9. The van der Waals surface area contributed by atoms with Crippen molar-refractivity contribution in [1.82, 2.24) is 13.8 Å². The number of carbonyl (C=O) groups excluding carboxylic acids is 2. The van der Waals surface area contributed by atoms with Gasteiger partial charge in [0.2, 0.25) is 15.9 Å². The lowest BCUT2D eigenvalue weighted by Gasteiger charge is -2.24. The van der Waals surface area contributed by atoms with E-state index in [0.717, 1.165) is 47.8 Å². The van der Waals surface area contributed by atoms with E-state index >= 15 is 0 Å². The molecular weight excluding hydrogens is 534 g/mol. The number of ketones is 1. The molecule has 1 aromatic heterocycles. The van der Waals surface area contributed by atoms with Crippen LogP contribution in [0, 0.1) is 0 Å². The molecule has 2 aliphatic rings. The Hall–Kier alpha value is -2.68. The van der Waals surface area contributed by atoms with E-state index in [9.17, 15) is 18.0 Å². The van der Waals surface area contributed by atoms with Crippen molar-refractivity contribution in [2.45, 2.75) is 57.4 Å². The van der Waals surface area contributed by atoms with Crippen molar-refractivity contribution in [3.05, 3.63) is 58.6 Å². The Morgan fingerprint density at radius 1 is 0.846 bits per heavy atom. The van der Waals surface area contributed by atoms with Gasteiger partial charge in [-0.3, -0.25) is 9.59 Å². The zero-order valence-corrected chi connectivity index (χ0v) is 24.2. The summed E-state index contributed by atoms with van der Waals surface area (Å²) in [7, 11) is -0.440. The highest BCUT2D eigenvalue weighted by Gasteiger charge is 2.29. The first-order valence-corrected chi connectivity index (χ1v) is 15.8. The first-order chi connectivity index (χ1) is 18.7. The molecule has 2 aromatic carbocycles. The van der Waals surface area contributed by atoms with Crippen LogP contribution >= 0.6 is 11.6 Å². The minimum Gasteiger partial charge on any atom is -0.344 e. The number of fused-ring (bicyclic) bond motifs is 1. The highest BCUT2D eigenvalue weighted by Crippen LogP contribution is 2.44. The van der Waals surface area contributed by atoms with Gasteiger partial charge >= 0.3 is 0 Å². The van der Waals surface area contributed by atoms with Gasteiger partial charge in [0.05, 0.1) is 5.69 Å². The second kappa shape index (κ2) is 11.4. The molecule has 0 unspecified atom stereocenters. The lowest BCUT2D eigenvalue weighted by atomic mass is 9.81. The number of hydrogen-bond acceptors (Lipinski definition) is 4. The number of sulfonamides is 1. The molecule has 3 aromatic rings. The fourth-order valence-electron chi connectivity index (χ4n) is 6.00. The first-order valence-electron chi connectivity index (χ1n) is 13.8. The van der Waals surface area contributed by atoms with Crippen LogP contribution in [0.5, 0.6) is 0 Å². The summed E-state index contributed by atoms with van der Waals surface area (Å²) < 4.78 is 29.2. The number of amides is 1. The Morgan fingerprint density at radius 3 is 2.23 bits per heavy atom. The molecular formula is C30H36ClN3O4S. The molecule has 1 saturated carbocycles. The minimum absolute atomic E-state index is 0.0233. The molecule has 9 heteroatoms. The van der Waals surface area contributed by atoms with E-state index in [1.165, 1.54) is 23.3 Å². The molecule has 0 atom stereocenters. The molecule has 1 aliphatic carbocycles. The third-order valence-electron chi connectivity index (χ3n) is 8.28. The standard InChI is InChI=1S/C30H36ClN3O4S/c1-32-16-6-7-17-33(2)39(37,38)20-27(35)23-12-15-25-26(18-23)34(19-28(32)36)30(22-10-13-24(31)14-11-22)29(25)21-8-4-3-5-9-21/h10-15,18,21H,3-9,16-17,19-20H2,1-2H3. The maximum absolute atomic E-state index is 13.6. The number of benzene rings is 2. The predicted molar refractivity (Wildman–Crippen MR) is 156 cm³/mol. The Bertz CT molecular complexity index is 1490. The molecule has 1 amide bonds. The Balaban J connectivity index is 1.74. The molecule has 0 N–H and O–H groups in total. The third kappa shape index (κ3) is 5.79. The predicted octanol–water partition coefficient (Wildman–Crippen LogP) is 5.71. The number of aromatic nitrogens is 1. The summed E-state index contributed by atoms with van der Waals surface area (Å²) in [6, 6.07) is 13.2. The molecule has 0 saturated heterocycles. The molecule has 2 heterocycles. The van der Waals surface area contributed by atoms with Crippen molar-refractivity contribution in [2.75, 3.05) is 32.9 Å².